The van der Waals surface area contributed by atoms with Crippen molar-refractivity contribution in [2.75, 3.05) is 13.6 Å². The molecule has 1 aliphatic rings. The van der Waals surface area contributed by atoms with E-state index in [9.17, 15) is 13.5 Å². The minimum Gasteiger partial charge on any atom is -0.389 e. The van der Waals surface area contributed by atoms with E-state index in [1.807, 2.05) is 0 Å². The highest BCUT2D eigenvalue weighted by Crippen LogP contribution is 2.31. The molecule has 1 aliphatic carbocycles. The first-order valence-electron chi connectivity index (χ1n) is 6.69. The van der Waals surface area contributed by atoms with Crippen LogP contribution in [0.25, 0.3) is 0 Å². The number of rotatable bonds is 5. The largest absolute Gasteiger partial charge is 0.389 e. The summed E-state index contributed by atoms with van der Waals surface area (Å²) in [5.41, 5.74) is 4.89. The minimum atomic E-state index is -3.68. The number of aromatic nitrogens is 1. The van der Waals surface area contributed by atoms with Crippen LogP contribution in [0.15, 0.2) is 23.2 Å². The number of nitrogens with two attached hydrogens (primary N) is 1. The number of pyridine rings is 1. The van der Waals surface area contributed by atoms with E-state index in [4.69, 9.17) is 18.0 Å². The molecular formula is C13H19N3O3S2. The molecule has 21 heavy (non-hydrogen) atoms. The molecule has 8 heteroatoms. The summed E-state index contributed by atoms with van der Waals surface area (Å²) < 4.78 is 26.1. The van der Waals surface area contributed by atoms with Gasteiger partial charge in [0.15, 0.2) is 0 Å². The van der Waals surface area contributed by atoms with E-state index in [2.05, 4.69) is 4.98 Å². The molecule has 0 saturated heterocycles. The fourth-order valence-electron chi connectivity index (χ4n) is 2.55. The number of aliphatic hydroxyl groups is 1. The molecule has 1 aromatic heterocycles. The molecule has 0 spiro atoms. The third kappa shape index (κ3) is 3.57. The molecular weight excluding hydrogens is 310 g/mol. The zero-order valence-corrected chi connectivity index (χ0v) is 13.5. The van der Waals surface area contributed by atoms with E-state index in [-0.39, 0.29) is 16.4 Å². The van der Waals surface area contributed by atoms with E-state index in [0.29, 0.717) is 18.5 Å². The molecule has 0 bridgehead atoms. The fraction of sp³-hybridized carbons (Fsp3) is 0.538. The van der Waals surface area contributed by atoms with Crippen molar-refractivity contribution < 1.29 is 13.5 Å². The quantitative estimate of drug-likeness (QED) is 0.770. The van der Waals surface area contributed by atoms with Crippen LogP contribution in [0.4, 0.5) is 0 Å². The van der Waals surface area contributed by atoms with Gasteiger partial charge in [-0.1, -0.05) is 25.1 Å². The Hall–Kier alpha value is -1.09. The number of hydrogen-bond acceptors (Lipinski definition) is 5. The van der Waals surface area contributed by atoms with Crippen molar-refractivity contribution in [3.05, 3.63) is 24.0 Å². The maximum absolute atomic E-state index is 12.5. The van der Waals surface area contributed by atoms with Crippen LogP contribution in [0, 0.1) is 0 Å². The predicted octanol–water partition coefficient (Wildman–Crippen LogP) is 0.641. The molecule has 0 amide bonds. The predicted molar refractivity (Wildman–Crippen MR) is 83.4 cm³/mol. The Kier molecular flexibility index (Phi) is 4.62. The van der Waals surface area contributed by atoms with Crippen LogP contribution in [0.5, 0.6) is 0 Å². The molecule has 0 unspecified atom stereocenters. The molecule has 2 rings (SSSR count). The average Bonchev–Trinajstić information content (AvgIpc) is 2.85. The standard InChI is InChI=1S/C13H19N3O3S2/c1-16(9-13(17)6-2-3-7-13)21(18,19)10-4-5-11(12(14)20)15-8-10/h4-5,8,17H,2-3,6-7,9H2,1H3,(H2,14,20). The Labute approximate surface area is 130 Å². The van der Waals surface area contributed by atoms with Gasteiger partial charge in [-0.05, 0) is 25.0 Å². The highest BCUT2D eigenvalue weighted by molar-refractivity contribution is 7.89. The van der Waals surface area contributed by atoms with Gasteiger partial charge in [0.1, 0.15) is 9.88 Å². The first-order chi connectivity index (χ1) is 9.74. The molecule has 1 fully saturated rings. The van der Waals surface area contributed by atoms with Crippen LogP contribution in [-0.2, 0) is 10.0 Å². The zero-order chi connectivity index (χ0) is 15.7. The Morgan fingerprint density at radius 3 is 2.57 bits per heavy atom. The van der Waals surface area contributed by atoms with Crippen molar-refractivity contribution >= 4 is 27.2 Å². The lowest BCUT2D eigenvalue weighted by atomic mass is 10.0. The molecule has 3 N–H and O–H groups in total. The van der Waals surface area contributed by atoms with Gasteiger partial charge in [0.2, 0.25) is 10.0 Å². The number of hydrogen-bond donors (Lipinski definition) is 2. The van der Waals surface area contributed by atoms with E-state index in [1.165, 1.54) is 29.7 Å². The van der Waals surface area contributed by atoms with Gasteiger partial charge in [-0.2, -0.15) is 4.31 Å². The smallest absolute Gasteiger partial charge is 0.244 e. The number of thiocarbonyl (C=S) groups is 1. The molecule has 1 aromatic rings. The van der Waals surface area contributed by atoms with E-state index in [1.54, 1.807) is 0 Å². The van der Waals surface area contributed by atoms with Crippen molar-refractivity contribution in [3.8, 4) is 0 Å². The topological polar surface area (TPSA) is 96.5 Å². The Morgan fingerprint density at radius 2 is 2.10 bits per heavy atom. The van der Waals surface area contributed by atoms with Gasteiger partial charge in [-0.15, -0.1) is 0 Å². The molecule has 116 valence electrons. The average molecular weight is 329 g/mol. The van der Waals surface area contributed by atoms with Crippen LogP contribution < -0.4 is 5.73 Å². The van der Waals surface area contributed by atoms with Crippen LogP contribution in [0.3, 0.4) is 0 Å². The first-order valence-corrected chi connectivity index (χ1v) is 8.54. The molecule has 1 saturated carbocycles. The summed E-state index contributed by atoms with van der Waals surface area (Å²) in [7, 11) is -2.21. The Balaban J connectivity index is 2.18. The summed E-state index contributed by atoms with van der Waals surface area (Å²) in [6.45, 7) is 0.0897. The van der Waals surface area contributed by atoms with Gasteiger partial charge in [-0.25, -0.2) is 8.42 Å². The van der Waals surface area contributed by atoms with Gasteiger partial charge in [-0.3, -0.25) is 4.98 Å². The highest BCUT2D eigenvalue weighted by Gasteiger charge is 2.35. The summed E-state index contributed by atoms with van der Waals surface area (Å²) in [6, 6.07) is 2.90. The Bertz CT molecular complexity index is 623. The summed E-state index contributed by atoms with van der Waals surface area (Å²) in [5.74, 6) is 0. The number of nitrogens with zero attached hydrogens (tertiary/aromatic N) is 2. The second-order valence-electron chi connectivity index (χ2n) is 5.44. The third-order valence-electron chi connectivity index (χ3n) is 3.75. The highest BCUT2D eigenvalue weighted by atomic mass is 32.2. The first kappa shape index (κ1) is 16.3. The fourth-order valence-corrected chi connectivity index (χ4v) is 3.87. The van der Waals surface area contributed by atoms with Crippen molar-refractivity contribution in [1.82, 2.24) is 9.29 Å². The van der Waals surface area contributed by atoms with Crippen molar-refractivity contribution in [1.29, 1.82) is 0 Å². The lowest BCUT2D eigenvalue weighted by molar-refractivity contribution is 0.0333. The normalized spacial score (nSPS) is 18.0. The maximum atomic E-state index is 12.5. The van der Waals surface area contributed by atoms with Gasteiger partial charge < -0.3 is 10.8 Å². The maximum Gasteiger partial charge on any atom is 0.244 e. The summed E-state index contributed by atoms with van der Waals surface area (Å²) in [5, 5.41) is 10.3. The summed E-state index contributed by atoms with van der Waals surface area (Å²) in [4.78, 5) is 4.12. The molecule has 1 heterocycles. The molecule has 0 radical (unpaired) electrons. The zero-order valence-electron chi connectivity index (χ0n) is 11.8. The monoisotopic (exact) mass is 329 g/mol. The van der Waals surface area contributed by atoms with Gasteiger partial charge in [0.05, 0.1) is 11.3 Å². The lowest BCUT2D eigenvalue weighted by Gasteiger charge is -2.28. The summed E-state index contributed by atoms with van der Waals surface area (Å²) in [6.07, 6.45) is 4.35. The van der Waals surface area contributed by atoms with Gasteiger partial charge >= 0.3 is 0 Å². The molecule has 0 atom stereocenters. The lowest BCUT2D eigenvalue weighted by Crippen LogP contribution is -2.42. The van der Waals surface area contributed by atoms with Crippen molar-refractivity contribution in [2.24, 2.45) is 5.73 Å². The SMILES string of the molecule is CN(CC1(O)CCCC1)S(=O)(=O)c1ccc(C(N)=S)nc1. The van der Waals surface area contributed by atoms with E-state index >= 15 is 0 Å². The second-order valence-corrected chi connectivity index (χ2v) is 7.92. The number of likely N-dealkylation sites (N-methyl/N-ethyl adjacent to an activating group) is 1. The molecule has 6 nitrogen and oxygen atoms in total. The minimum absolute atomic E-state index is 0.0617. The van der Waals surface area contributed by atoms with Gasteiger partial charge in [0, 0.05) is 19.8 Å². The van der Waals surface area contributed by atoms with Crippen molar-refractivity contribution in [2.45, 2.75) is 36.2 Å². The van der Waals surface area contributed by atoms with Crippen LogP contribution >= 0.6 is 12.2 Å². The summed E-state index contributed by atoms with van der Waals surface area (Å²) >= 11 is 4.78. The molecule has 0 aromatic carbocycles. The van der Waals surface area contributed by atoms with Crippen molar-refractivity contribution in [3.63, 3.8) is 0 Å². The van der Waals surface area contributed by atoms with Crippen LogP contribution in [0.2, 0.25) is 0 Å². The van der Waals surface area contributed by atoms with Crippen LogP contribution in [0.1, 0.15) is 31.4 Å². The van der Waals surface area contributed by atoms with Gasteiger partial charge in [0.25, 0.3) is 0 Å². The Morgan fingerprint density at radius 1 is 1.48 bits per heavy atom. The van der Waals surface area contributed by atoms with E-state index < -0.39 is 15.6 Å². The molecule has 0 aliphatic heterocycles. The van der Waals surface area contributed by atoms with E-state index in [0.717, 1.165) is 12.8 Å². The second kappa shape index (κ2) is 5.96. The third-order valence-corrected chi connectivity index (χ3v) is 5.74. The number of sulfonamides is 1. The van der Waals surface area contributed by atoms with Crippen LogP contribution in [-0.4, -0.2) is 47.0 Å².